The van der Waals surface area contributed by atoms with E-state index in [-0.39, 0.29) is 5.82 Å². The van der Waals surface area contributed by atoms with Crippen molar-refractivity contribution in [3.8, 4) is 0 Å². The number of aromatic nitrogens is 2. The monoisotopic (exact) mass is 416 g/mol. The Bertz CT molecular complexity index is 1000. The van der Waals surface area contributed by atoms with Crippen LogP contribution in [0.25, 0.3) is 0 Å². The zero-order chi connectivity index (χ0) is 21.4. The molecule has 0 amide bonds. The SMILES string of the molecule is C=C/C=C(\C=C)C(SCCn1ccnc1C(=O)O)(c1ccccc1)c1ccccc1. The van der Waals surface area contributed by atoms with Gasteiger partial charge in [0, 0.05) is 24.7 Å². The molecule has 5 heteroatoms. The number of hydrogen-bond acceptors (Lipinski definition) is 3. The minimum Gasteiger partial charge on any atom is -0.475 e. The Hall–Kier alpha value is -3.31. The van der Waals surface area contributed by atoms with Crippen molar-refractivity contribution in [2.45, 2.75) is 11.3 Å². The fourth-order valence-electron chi connectivity index (χ4n) is 3.54. The van der Waals surface area contributed by atoms with Crippen molar-refractivity contribution in [1.82, 2.24) is 9.55 Å². The molecule has 4 nitrogen and oxygen atoms in total. The Labute approximate surface area is 181 Å². The summed E-state index contributed by atoms with van der Waals surface area (Å²) in [4.78, 5) is 15.3. The first-order valence-electron chi connectivity index (χ1n) is 9.58. The summed E-state index contributed by atoms with van der Waals surface area (Å²) < 4.78 is 1.16. The molecule has 0 radical (unpaired) electrons. The lowest BCUT2D eigenvalue weighted by atomic mass is 9.83. The Morgan fingerprint density at radius 2 is 1.67 bits per heavy atom. The highest BCUT2D eigenvalue weighted by atomic mass is 32.2. The van der Waals surface area contributed by atoms with Crippen LogP contribution in [-0.4, -0.2) is 26.4 Å². The second kappa shape index (κ2) is 9.94. The molecule has 0 aliphatic rings. The van der Waals surface area contributed by atoms with Crippen molar-refractivity contribution in [2.75, 3.05) is 5.75 Å². The molecule has 0 atom stereocenters. The molecule has 152 valence electrons. The second-order valence-electron chi connectivity index (χ2n) is 6.57. The molecule has 30 heavy (non-hydrogen) atoms. The van der Waals surface area contributed by atoms with E-state index < -0.39 is 10.7 Å². The maximum absolute atomic E-state index is 11.4. The van der Waals surface area contributed by atoms with Crippen molar-refractivity contribution < 1.29 is 9.90 Å². The number of nitrogens with zero attached hydrogens (tertiary/aromatic N) is 2. The summed E-state index contributed by atoms with van der Waals surface area (Å²) in [5.41, 5.74) is 3.26. The third-order valence-corrected chi connectivity index (χ3v) is 6.37. The molecule has 1 aromatic heterocycles. The zero-order valence-electron chi connectivity index (χ0n) is 16.6. The Morgan fingerprint density at radius 3 is 2.17 bits per heavy atom. The number of carboxylic acid groups (broad SMARTS) is 1. The highest BCUT2D eigenvalue weighted by Gasteiger charge is 2.37. The van der Waals surface area contributed by atoms with Crippen LogP contribution < -0.4 is 0 Å². The van der Waals surface area contributed by atoms with E-state index in [4.69, 9.17) is 0 Å². The number of aromatic carboxylic acids is 1. The summed E-state index contributed by atoms with van der Waals surface area (Å²) in [6.45, 7) is 8.48. The number of allylic oxidation sites excluding steroid dienone is 3. The lowest BCUT2D eigenvalue weighted by molar-refractivity contribution is 0.0678. The molecule has 3 rings (SSSR count). The van der Waals surface area contributed by atoms with E-state index in [2.05, 4.69) is 42.4 Å². The number of carbonyl (C=O) groups is 1. The first-order valence-corrected chi connectivity index (χ1v) is 10.6. The van der Waals surface area contributed by atoms with Crippen LogP contribution in [0.1, 0.15) is 21.7 Å². The number of rotatable bonds is 10. The van der Waals surface area contributed by atoms with Crippen molar-refractivity contribution in [1.29, 1.82) is 0 Å². The molecule has 2 aromatic carbocycles. The van der Waals surface area contributed by atoms with E-state index in [0.29, 0.717) is 12.3 Å². The van der Waals surface area contributed by atoms with Gasteiger partial charge in [-0.15, -0.1) is 11.8 Å². The third kappa shape index (κ3) is 4.31. The second-order valence-corrected chi connectivity index (χ2v) is 7.88. The lowest BCUT2D eigenvalue weighted by Crippen LogP contribution is -2.27. The van der Waals surface area contributed by atoms with Crippen molar-refractivity contribution in [2.24, 2.45) is 0 Å². The molecule has 0 saturated heterocycles. The average Bonchev–Trinajstić information content (AvgIpc) is 3.26. The van der Waals surface area contributed by atoms with Gasteiger partial charge in [-0.25, -0.2) is 9.78 Å². The molecule has 0 fully saturated rings. The Balaban J connectivity index is 2.07. The van der Waals surface area contributed by atoms with Gasteiger partial charge < -0.3 is 9.67 Å². The van der Waals surface area contributed by atoms with Crippen LogP contribution in [0, 0.1) is 0 Å². The van der Waals surface area contributed by atoms with Gasteiger partial charge in [0.2, 0.25) is 5.82 Å². The number of benzene rings is 2. The molecule has 1 N–H and O–H groups in total. The van der Waals surface area contributed by atoms with E-state index >= 15 is 0 Å². The molecule has 0 aliphatic heterocycles. The van der Waals surface area contributed by atoms with E-state index in [1.54, 1.807) is 28.6 Å². The number of carboxylic acids is 1. The van der Waals surface area contributed by atoms with Crippen LogP contribution in [0.2, 0.25) is 0 Å². The van der Waals surface area contributed by atoms with Gasteiger partial charge in [-0.3, -0.25) is 0 Å². The third-order valence-electron chi connectivity index (χ3n) is 4.84. The van der Waals surface area contributed by atoms with Gasteiger partial charge in [0.15, 0.2) is 0 Å². The average molecular weight is 417 g/mol. The summed E-state index contributed by atoms with van der Waals surface area (Å²) in [7, 11) is 0. The van der Waals surface area contributed by atoms with E-state index in [1.807, 2.05) is 48.6 Å². The highest BCUT2D eigenvalue weighted by Crippen LogP contribution is 2.49. The predicted octanol–water partition coefficient (Wildman–Crippen LogP) is 5.56. The standard InChI is InChI=1S/C25H24N2O2S/c1-3-11-20(4-2)25(21-12-7-5-8-13-21,22-14-9-6-10-15-22)30-19-18-27-17-16-26-23(27)24(28)29/h3-17H,1-2,18-19H2,(H,28,29)/b20-11+. The maximum Gasteiger partial charge on any atom is 0.372 e. The van der Waals surface area contributed by atoms with Crippen LogP contribution in [0.4, 0.5) is 0 Å². The largest absolute Gasteiger partial charge is 0.475 e. The fourth-order valence-corrected chi connectivity index (χ4v) is 5.05. The van der Waals surface area contributed by atoms with Gasteiger partial charge in [-0.1, -0.05) is 92.0 Å². The molecule has 3 aromatic rings. The van der Waals surface area contributed by atoms with Gasteiger partial charge >= 0.3 is 5.97 Å². The summed E-state index contributed by atoms with van der Waals surface area (Å²) in [6.07, 6.45) is 8.85. The molecule has 0 bridgehead atoms. The summed E-state index contributed by atoms with van der Waals surface area (Å²) in [5.74, 6) is -0.310. The molecular weight excluding hydrogens is 392 g/mol. The highest BCUT2D eigenvalue weighted by molar-refractivity contribution is 8.00. The smallest absolute Gasteiger partial charge is 0.372 e. The molecular formula is C25H24N2O2S. The number of imidazole rings is 1. The normalized spacial score (nSPS) is 11.8. The molecule has 0 saturated carbocycles. The fraction of sp³-hybridized carbons (Fsp3) is 0.120. The number of aryl methyl sites for hydroxylation is 1. The van der Waals surface area contributed by atoms with Crippen LogP contribution in [-0.2, 0) is 11.3 Å². The molecule has 0 aliphatic carbocycles. The first kappa shape index (κ1) is 21.4. The zero-order valence-corrected chi connectivity index (χ0v) is 17.5. The van der Waals surface area contributed by atoms with Crippen LogP contribution in [0.3, 0.4) is 0 Å². The summed E-state index contributed by atoms with van der Waals surface area (Å²) in [6, 6.07) is 20.6. The Morgan fingerprint density at radius 1 is 1.07 bits per heavy atom. The summed E-state index contributed by atoms with van der Waals surface area (Å²) >= 11 is 1.74. The molecule has 0 spiro atoms. The van der Waals surface area contributed by atoms with E-state index in [0.717, 1.165) is 16.7 Å². The predicted molar refractivity (Wildman–Crippen MR) is 124 cm³/mol. The number of thioether (sulfide) groups is 1. The van der Waals surface area contributed by atoms with Crippen molar-refractivity contribution >= 4 is 17.7 Å². The van der Waals surface area contributed by atoms with Crippen molar-refractivity contribution in [3.05, 3.63) is 127 Å². The first-order chi connectivity index (χ1) is 14.6. The topological polar surface area (TPSA) is 55.1 Å². The minimum absolute atomic E-state index is 0.0474. The lowest BCUT2D eigenvalue weighted by Gasteiger charge is -2.36. The number of hydrogen-bond donors (Lipinski definition) is 1. The van der Waals surface area contributed by atoms with E-state index in [1.165, 1.54) is 6.20 Å². The van der Waals surface area contributed by atoms with Crippen LogP contribution >= 0.6 is 11.8 Å². The van der Waals surface area contributed by atoms with Crippen molar-refractivity contribution in [3.63, 3.8) is 0 Å². The van der Waals surface area contributed by atoms with Gasteiger partial charge in [0.25, 0.3) is 0 Å². The molecule has 1 heterocycles. The van der Waals surface area contributed by atoms with Crippen LogP contribution in [0.5, 0.6) is 0 Å². The van der Waals surface area contributed by atoms with Crippen LogP contribution in [0.15, 0.2) is 110 Å². The van der Waals surface area contributed by atoms with Gasteiger partial charge in [-0.2, -0.15) is 0 Å². The van der Waals surface area contributed by atoms with Gasteiger partial charge in [0.05, 0.1) is 4.75 Å². The quantitative estimate of drug-likeness (QED) is 0.440. The summed E-state index contributed by atoms with van der Waals surface area (Å²) in [5, 5.41) is 9.34. The van der Waals surface area contributed by atoms with E-state index in [9.17, 15) is 9.90 Å². The van der Waals surface area contributed by atoms with Gasteiger partial charge in [0.1, 0.15) is 0 Å². The molecule has 0 unspecified atom stereocenters. The maximum atomic E-state index is 11.4. The minimum atomic E-state index is -1.03. The van der Waals surface area contributed by atoms with Gasteiger partial charge in [-0.05, 0) is 16.7 Å². The Kier molecular flexibility index (Phi) is 7.09.